The Bertz CT molecular complexity index is 1060. The molecule has 0 spiro atoms. The Morgan fingerprint density at radius 1 is 0.350 bits per heavy atom. The summed E-state index contributed by atoms with van der Waals surface area (Å²) in [5.74, 6) is -0.889. The lowest BCUT2D eigenvalue weighted by Gasteiger charge is -2.18. The van der Waals surface area contributed by atoms with Crippen LogP contribution in [0.3, 0.4) is 0 Å². The van der Waals surface area contributed by atoms with E-state index in [2.05, 4.69) is 69.4 Å². The lowest BCUT2D eigenvalue weighted by Crippen LogP contribution is -2.30. The van der Waals surface area contributed by atoms with Crippen molar-refractivity contribution in [2.75, 3.05) is 13.2 Å². The predicted molar refractivity (Wildman–Crippen MR) is 256 cm³/mol. The number of carbonyl (C=O) groups excluding carboxylic acids is 3. The van der Waals surface area contributed by atoms with Crippen molar-refractivity contribution in [1.29, 1.82) is 0 Å². The van der Waals surface area contributed by atoms with Crippen molar-refractivity contribution >= 4 is 17.9 Å². The second kappa shape index (κ2) is 49.0. The summed E-state index contributed by atoms with van der Waals surface area (Å²) in [5.41, 5.74) is 0. The third-order valence-corrected chi connectivity index (χ3v) is 11.1. The fourth-order valence-corrected chi connectivity index (χ4v) is 7.22. The molecule has 0 radical (unpaired) electrons. The molecule has 0 aromatic carbocycles. The lowest BCUT2D eigenvalue weighted by atomic mass is 10.1. The average Bonchev–Trinajstić information content (AvgIpc) is 3.24. The Hall–Kier alpha value is -2.63. The van der Waals surface area contributed by atoms with E-state index in [4.69, 9.17) is 14.2 Å². The Labute approximate surface area is 371 Å². The molecule has 0 N–H and O–H groups in total. The molecule has 0 rings (SSSR count). The van der Waals surface area contributed by atoms with Gasteiger partial charge in [0.2, 0.25) is 0 Å². The van der Waals surface area contributed by atoms with Crippen LogP contribution >= 0.6 is 0 Å². The topological polar surface area (TPSA) is 78.9 Å². The van der Waals surface area contributed by atoms with Crippen LogP contribution in [0.2, 0.25) is 0 Å². The molecular formula is C54H96O6. The first kappa shape index (κ1) is 57.4. The van der Waals surface area contributed by atoms with Crippen molar-refractivity contribution in [3.8, 4) is 0 Å². The van der Waals surface area contributed by atoms with Crippen LogP contribution in [-0.2, 0) is 28.6 Å². The third kappa shape index (κ3) is 46.4. The molecule has 348 valence electrons. The summed E-state index contributed by atoms with van der Waals surface area (Å²) in [6, 6.07) is 0. The van der Waals surface area contributed by atoms with E-state index in [0.29, 0.717) is 19.3 Å². The molecular weight excluding hydrogens is 745 g/mol. The normalized spacial score (nSPS) is 12.4. The number of allylic oxidation sites excluding steroid dienone is 8. The molecule has 0 aliphatic heterocycles. The van der Waals surface area contributed by atoms with Gasteiger partial charge in [0.05, 0.1) is 0 Å². The molecule has 6 heteroatoms. The molecule has 0 fully saturated rings. The summed E-state index contributed by atoms with van der Waals surface area (Å²) >= 11 is 0. The lowest BCUT2D eigenvalue weighted by molar-refractivity contribution is -0.167. The SMILES string of the molecule is CC/C=C\C/C=C\C/C=C\CCCCCCCCCC(=O)OCC(COC(=O)CCCCCCCCCC)OC(=O)CCCCCCCCC/C=C\CCCCCCCC. The molecule has 1 unspecified atom stereocenters. The summed E-state index contributed by atoms with van der Waals surface area (Å²) in [5, 5.41) is 0. The van der Waals surface area contributed by atoms with Gasteiger partial charge in [-0.05, 0) is 77.0 Å². The Balaban J connectivity index is 4.30. The summed E-state index contributed by atoms with van der Waals surface area (Å²) in [6.07, 6.45) is 58.1. The maximum absolute atomic E-state index is 12.8. The van der Waals surface area contributed by atoms with E-state index in [0.717, 1.165) is 83.5 Å². The van der Waals surface area contributed by atoms with E-state index >= 15 is 0 Å². The van der Waals surface area contributed by atoms with Gasteiger partial charge in [0.1, 0.15) is 13.2 Å². The summed E-state index contributed by atoms with van der Waals surface area (Å²) < 4.78 is 16.7. The van der Waals surface area contributed by atoms with Gasteiger partial charge in [-0.1, -0.05) is 211 Å². The number of rotatable bonds is 46. The first-order valence-corrected chi connectivity index (χ1v) is 25.6. The van der Waals surface area contributed by atoms with Crippen LogP contribution in [0.15, 0.2) is 48.6 Å². The molecule has 0 saturated heterocycles. The van der Waals surface area contributed by atoms with Gasteiger partial charge in [-0.25, -0.2) is 0 Å². The minimum Gasteiger partial charge on any atom is -0.462 e. The van der Waals surface area contributed by atoms with Crippen LogP contribution in [0, 0.1) is 0 Å². The first-order chi connectivity index (χ1) is 29.5. The van der Waals surface area contributed by atoms with E-state index < -0.39 is 6.10 Å². The van der Waals surface area contributed by atoms with E-state index in [1.165, 1.54) is 135 Å². The highest BCUT2D eigenvalue weighted by Crippen LogP contribution is 2.15. The van der Waals surface area contributed by atoms with Gasteiger partial charge in [-0.2, -0.15) is 0 Å². The largest absolute Gasteiger partial charge is 0.462 e. The number of esters is 3. The van der Waals surface area contributed by atoms with Gasteiger partial charge in [-0.3, -0.25) is 14.4 Å². The molecule has 0 saturated carbocycles. The molecule has 0 aromatic heterocycles. The van der Waals surface area contributed by atoms with Gasteiger partial charge >= 0.3 is 17.9 Å². The summed E-state index contributed by atoms with van der Waals surface area (Å²) in [7, 11) is 0. The molecule has 0 bridgehead atoms. The highest BCUT2D eigenvalue weighted by Gasteiger charge is 2.19. The number of carbonyl (C=O) groups is 3. The Morgan fingerprint density at radius 3 is 1.03 bits per heavy atom. The van der Waals surface area contributed by atoms with Crippen LogP contribution < -0.4 is 0 Å². The van der Waals surface area contributed by atoms with Crippen molar-refractivity contribution in [2.24, 2.45) is 0 Å². The minimum atomic E-state index is -0.775. The van der Waals surface area contributed by atoms with Crippen molar-refractivity contribution in [1.82, 2.24) is 0 Å². The maximum Gasteiger partial charge on any atom is 0.306 e. The second-order valence-electron chi connectivity index (χ2n) is 17.1. The fraction of sp³-hybridized carbons (Fsp3) is 0.796. The van der Waals surface area contributed by atoms with Crippen LogP contribution in [0.25, 0.3) is 0 Å². The van der Waals surface area contributed by atoms with Crippen LogP contribution in [-0.4, -0.2) is 37.2 Å². The fourth-order valence-electron chi connectivity index (χ4n) is 7.22. The molecule has 1 atom stereocenters. The predicted octanol–water partition coefficient (Wildman–Crippen LogP) is 16.7. The number of unbranched alkanes of at least 4 members (excludes halogenated alkanes) is 27. The van der Waals surface area contributed by atoms with Gasteiger partial charge in [0.15, 0.2) is 6.10 Å². The summed E-state index contributed by atoms with van der Waals surface area (Å²) in [4.78, 5) is 37.8. The van der Waals surface area contributed by atoms with Gasteiger partial charge < -0.3 is 14.2 Å². The smallest absolute Gasteiger partial charge is 0.306 e. The third-order valence-electron chi connectivity index (χ3n) is 11.1. The molecule has 0 aliphatic carbocycles. The molecule has 60 heavy (non-hydrogen) atoms. The number of ether oxygens (including phenoxy) is 3. The van der Waals surface area contributed by atoms with Gasteiger partial charge in [-0.15, -0.1) is 0 Å². The van der Waals surface area contributed by atoms with E-state index in [-0.39, 0.29) is 31.1 Å². The van der Waals surface area contributed by atoms with E-state index in [9.17, 15) is 14.4 Å². The molecule has 0 aromatic rings. The van der Waals surface area contributed by atoms with Crippen molar-refractivity contribution in [3.05, 3.63) is 48.6 Å². The Morgan fingerprint density at radius 2 is 0.650 bits per heavy atom. The standard InChI is InChI=1S/C54H96O6/c1-4-7-10-13-16-19-21-23-25-27-29-31-33-35-38-41-44-47-53(56)59-50-51(49-58-52(55)46-43-40-37-18-15-12-9-6-3)60-54(57)48-45-42-39-36-34-32-30-28-26-24-22-20-17-14-11-8-5-2/h7,10,16,19,23-26,51H,4-6,8-9,11-15,17-18,20-22,27-50H2,1-3H3/b10-7-,19-16-,25-23-,26-24-. The zero-order chi connectivity index (χ0) is 43.7. The molecule has 6 nitrogen and oxygen atoms in total. The molecule has 0 amide bonds. The van der Waals surface area contributed by atoms with Crippen molar-refractivity contribution in [3.63, 3.8) is 0 Å². The highest BCUT2D eigenvalue weighted by molar-refractivity contribution is 5.71. The highest BCUT2D eigenvalue weighted by atomic mass is 16.6. The van der Waals surface area contributed by atoms with Crippen molar-refractivity contribution < 1.29 is 28.6 Å². The first-order valence-electron chi connectivity index (χ1n) is 25.6. The van der Waals surface area contributed by atoms with Crippen molar-refractivity contribution in [2.45, 2.75) is 264 Å². The average molecular weight is 841 g/mol. The van der Waals surface area contributed by atoms with Crippen LogP contribution in [0.4, 0.5) is 0 Å². The second-order valence-corrected chi connectivity index (χ2v) is 17.1. The van der Waals surface area contributed by atoms with Crippen LogP contribution in [0.5, 0.6) is 0 Å². The number of hydrogen-bond acceptors (Lipinski definition) is 6. The molecule has 0 aliphatic rings. The van der Waals surface area contributed by atoms with Crippen LogP contribution in [0.1, 0.15) is 258 Å². The molecule has 0 heterocycles. The number of hydrogen-bond donors (Lipinski definition) is 0. The Kier molecular flexibility index (Phi) is 46.9. The van der Waals surface area contributed by atoms with E-state index in [1.54, 1.807) is 0 Å². The van der Waals surface area contributed by atoms with E-state index in [1.807, 2.05) is 0 Å². The quantitative estimate of drug-likeness (QED) is 0.0263. The minimum absolute atomic E-state index is 0.0765. The van der Waals surface area contributed by atoms with Gasteiger partial charge in [0, 0.05) is 19.3 Å². The maximum atomic E-state index is 12.8. The van der Waals surface area contributed by atoms with Gasteiger partial charge in [0.25, 0.3) is 0 Å². The monoisotopic (exact) mass is 841 g/mol. The summed E-state index contributed by atoms with van der Waals surface area (Å²) in [6.45, 7) is 6.49. The zero-order valence-electron chi connectivity index (χ0n) is 39.7. The zero-order valence-corrected chi connectivity index (χ0v) is 39.7.